The van der Waals surface area contributed by atoms with Crippen LogP contribution in [0.4, 0.5) is 0 Å². The Morgan fingerprint density at radius 2 is 1.19 bits per heavy atom. The number of hydrogen-bond acceptors (Lipinski definition) is 13. The maximum Gasteiger partial charge on any atom is 0.326 e. The summed E-state index contributed by atoms with van der Waals surface area (Å²) in [7, 11) is 0. The van der Waals surface area contributed by atoms with Gasteiger partial charge in [0.25, 0.3) is 0 Å². The van der Waals surface area contributed by atoms with Crippen molar-refractivity contribution < 1.29 is 58.5 Å². The molecule has 3 fully saturated rings. The fourth-order valence-corrected chi connectivity index (χ4v) is 8.03. The van der Waals surface area contributed by atoms with Crippen LogP contribution in [0, 0.1) is 5.92 Å². The number of carbonyl (C=O) groups is 9. The van der Waals surface area contributed by atoms with E-state index in [1.807, 2.05) is 0 Å². The first-order valence-corrected chi connectivity index (χ1v) is 21.9. The van der Waals surface area contributed by atoms with E-state index in [1.54, 1.807) is 13.8 Å². The summed E-state index contributed by atoms with van der Waals surface area (Å²) < 4.78 is 0. The predicted octanol–water partition coefficient (Wildman–Crippen LogP) is -4.69. The predicted molar refractivity (Wildman–Crippen MR) is 229 cm³/mol. The van der Waals surface area contributed by atoms with Gasteiger partial charge in [-0.3, -0.25) is 43.3 Å². The Balaban J connectivity index is 1.59. The van der Waals surface area contributed by atoms with Gasteiger partial charge in [0.1, 0.15) is 48.3 Å². The molecule has 0 spiro atoms. The first kappa shape index (κ1) is 52.7. The van der Waals surface area contributed by atoms with E-state index < -0.39 is 120 Å². The number of carbonyl (C=O) groups excluding carboxylic acids is 8. The van der Waals surface area contributed by atoms with E-state index >= 15 is 0 Å². The molecule has 360 valence electrons. The van der Waals surface area contributed by atoms with Crippen molar-refractivity contribution >= 4 is 59.2 Å². The number of amides is 8. The molecular weight excluding hydrogens is 841 g/mol. The Morgan fingerprint density at radius 3 is 1.70 bits per heavy atom. The topological polar surface area (TPSA) is 375 Å². The van der Waals surface area contributed by atoms with Crippen LogP contribution < -0.4 is 43.8 Å². The zero-order chi connectivity index (χ0) is 48.0. The molecule has 3 heterocycles. The number of aliphatic hydroxyl groups excluding tert-OH is 2. The van der Waals surface area contributed by atoms with Gasteiger partial charge in [-0.05, 0) is 78.1 Å². The Bertz CT molecular complexity index is 1740. The summed E-state index contributed by atoms with van der Waals surface area (Å²) in [5, 5.41) is 42.4. The first-order valence-electron chi connectivity index (χ1n) is 21.9. The fourth-order valence-electron chi connectivity index (χ4n) is 8.03. The summed E-state index contributed by atoms with van der Waals surface area (Å²) in [5.41, 5.74) is 16.5. The van der Waals surface area contributed by atoms with Crippen molar-refractivity contribution in [3.8, 4) is 0 Å². The number of carboxylic acids is 1. The van der Waals surface area contributed by atoms with Gasteiger partial charge in [-0.1, -0.05) is 20.3 Å². The third kappa shape index (κ3) is 13.9. The van der Waals surface area contributed by atoms with Crippen molar-refractivity contribution in [3.63, 3.8) is 0 Å². The number of aliphatic imine (C=N–C) groups is 1. The Morgan fingerprint density at radius 1 is 0.688 bits per heavy atom. The highest BCUT2D eigenvalue weighted by Crippen LogP contribution is 2.26. The molecule has 14 N–H and O–H groups in total. The van der Waals surface area contributed by atoms with Crippen molar-refractivity contribution in [2.45, 2.75) is 153 Å². The number of nitrogens with zero attached hydrogens (tertiary/aromatic N) is 4. The second-order valence-corrected chi connectivity index (χ2v) is 16.8. The molecule has 64 heavy (non-hydrogen) atoms. The third-order valence-corrected chi connectivity index (χ3v) is 11.9. The number of guanidine groups is 1. The number of rotatable bonds is 22. The maximum atomic E-state index is 14.0. The van der Waals surface area contributed by atoms with Gasteiger partial charge in [0.05, 0.1) is 18.8 Å². The number of aliphatic carboxylic acids is 1. The monoisotopic (exact) mass is 909 g/mol. The highest BCUT2D eigenvalue weighted by atomic mass is 16.4. The average molecular weight is 909 g/mol. The molecule has 24 heteroatoms. The quantitative estimate of drug-likeness (QED) is 0.0276. The molecule has 3 aliphatic rings. The molecule has 0 saturated carbocycles. The lowest BCUT2D eigenvalue weighted by atomic mass is 9.98. The Labute approximate surface area is 372 Å². The minimum Gasteiger partial charge on any atom is -0.480 e. The van der Waals surface area contributed by atoms with Crippen LogP contribution in [0.1, 0.15) is 92.4 Å². The molecule has 11 atom stereocenters. The molecule has 3 rings (SSSR count). The highest BCUT2D eigenvalue weighted by molar-refractivity contribution is 5.98. The van der Waals surface area contributed by atoms with E-state index in [4.69, 9.17) is 17.2 Å². The molecule has 0 bridgehead atoms. The van der Waals surface area contributed by atoms with Gasteiger partial charge >= 0.3 is 5.97 Å². The smallest absolute Gasteiger partial charge is 0.326 e. The molecule has 3 saturated heterocycles. The van der Waals surface area contributed by atoms with Gasteiger partial charge in [0, 0.05) is 26.2 Å². The van der Waals surface area contributed by atoms with Crippen molar-refractivity contribution in [1.29, 1.82) is 0 Å². The molecule has 0 aromatic heterocycles. The second kappa shape index (κ2) is 24.4. The van der Waals surface area contributed by atoms with E-state index in [2.05, 4.69) is 31.6 Å². The number of carboxylic acid groups (broad SMARTS) is 1. The van der Waals surface area contributed by atoms with Crippen LogP contribution in [-0.4, -0.2) is 182 Å². The summed E-state index contributed by atoms with van der Waals surface area (Å²) in [5.74, 6) is -7.32. The number of aliphatic hydroxyl groups is 2. The molecule has 24 nitrogen and oxygen atoms in total. The van der Waals surface area contributed by atoms with E-state index in [1.165, 1.54) is 35.5 Å². The summed E-state index contributed by atoms with van der Waals surface area (Å²) in [4.78, 5) is 127. The molecule has 8 amide bonds. The number of likely N-dealkylation sites (tertiary alicyclic amines) is 3. The fraction of sp³-hybridized carbons (Fsp3) is 0.750. The summed E-state index contributed by atoms with van der Waals surface area (Å²) in [6, 6.07) is -10.6. The van der Waals surface area contributed by atoms with Crippen LogP contribution in [0.15, 0.2) is 4.99 Å². The van der Waals surface area contributed by atoms with E-state index in [9.17, 15) is 58.5 Å². The standard InChI is InChI=1S/C40H68N12O12/c1-6-20(2)29(39(63)64)48-34(58)27-13-8-16-50(27)36(60)21(3)45-32(56)25(19-53)47-33(57)26-12-9-17-51(26)38(62)28-14-10-18-52(28)37(61)22(4)46-35(59)30(23(5)54)49-31(55)24(41)11-7-15-44-40(42)43/h20-30,53-54H,6-19,41H2,1-5H3,(H,45,56)(H,46,59)(H,47,57)(H,48,58)(H,49,55)(H,63,64)(H4,42,43,44)/t20-,21-,22-,23+,24-,25-,26-,27-,28-,29-,30-/m0/s1. The lowest BCUT2D eigenvalue weighted by Gasteiger charge is -2.33. The van der Waals surface area contributed by atoms with Crippen LogP contribution in [0.2, 0.25) is 0 Å². The summed E-state index contributed by atoms with van der Waals surface area (Å²) >= 11 is 0. The largest absolute Gasteiger partial charge is 0.480 e. The van der Waals surface area contributed by atoms with Crippen molar-refractivity contribution in [1.82, 2.24) is 41.3 Å². The zero-order valence-corrected chi connectivity index (χ0v) is 37.3. The third-order valence-electron chi connectivity index (χ3n) is 11.9. The summed E-state index contributed by atoms with van der Waals surface area (Å²) in [6.07, 6.45) is 1.74. The van der Waals surface area contributed by atoms with Gasteiger partial charge in [-0.2, -0.15) is 0 Å². The lowest BCUT2D eigenvalue weighted by molar-refractivity contribution is -0.148. The van der Waals surface area contributed by atoms with Gasteiger partial charge in [-0.15, -0.1) is 0 Å². The van der Waals surface area contributed by atoms with Gasteiger partial charge in [0.2, 0.25) is 47.3 Å². The number of nitrogens with two attached hydrogens (primary N) is 3. The van der Waals surface area contributed by atoms with Crippen LogP contribution in [0.25, 0.3) is 0 Å². The van der Waals surface area contributed by atoms with Gasteiger partial charge in [0.15, 0.2) is 5.96 Å². The van der Waals surface area contributed by atoms with Gasteiger partial charge in [-0.25, -0.2) is 4.79 Å². The average Bonchev–Trinajstić information content (AvgIpc) is 4.05. The Hall–Kier alpha value is -5.62. The zero-order valence-electron chi connectivity index (χ0n) is 37.3. The molecule has 0 radical (unpaired) electrons. The minimum atomic E-state index is -1.53. The SMILES string of the molecule is CC[C@H](C)[C@H](NC(=O)[C@@H]1CCCN1C(=O)[C@H](C)NC(=O)[C@H](CO)NC(=O)[C@@H]1CCCN1C(=O)[C@@H]1CCCN1C(=O)[C@H](C)NC(=O)[C@@H](NC(=O)[C@@H](N)CCCN=C(N)N)[C@@H](C)O)C(=O)O. The van der Waals surface area contributed by atoms with Crippen LogP contribution in [-0.2, 0) is 43.2 Å². The van der Waals surface area contributed by atoms with Crippen LogP contribution >= 0.6 is 0 Å². The van der Waals surface area contributed by atoms with Crippen LogP contribution in [0.5, 0.6) is 0 Å². The molecule has 0 aromatic rings. The van der Waals surface area contributed by atoms with E-state index in [-0.39, 0.29) is 63.7 Å². The van der Waals surface area contributed by atoms with Crippen molar-refractivity contribution in [3.05, 3.63) is 0 Å². The minimum absolute atomic E-state index is 0.115. The van der Waals surface area contributed by atoms with Crippen molar-refractivity contribution in [2.75, 3.05) is 32.8 Å². The first-order chi connectivity index (χ1) is 30.1. The number of hydrogen-bond donors (Lipinski definition) is 11. The Kier molecular flexibility index (Phi) is 20.1. The van der Waals surface area contributed by atoms with E-state index in [0.29, 0.717) is 32.1 Å². The second-order valence-electron chi connectivity index (χ2n) is 16.8. The number of nitrogens with one attached hydrogen (secondary N) is 5. The molecule has 0 aromatic carbocycles. The maximum absolute atomic E-state index is 14.0. The molecule has 3 aliphatic heterocycles. The molecule has 0 unspecified atom stereocenters. The highest BCUT2D eigenvalue weighted by Gasteiger charge is 2.44. The van der Waals surface area contributed by atoms with Gasteiger partial charge < -0.3 is 73.8 Å². The van der Waals surface area contributed by atoms with Crippen molar-refractivity contribution in [2.24, 2.45) is 28.1 Å². The lowest BCUT2D eigenvalue weighted by Crippen LogP contribution is -2.60. The normalized spacial score (nSPS) is 22.1. The molecule has 0 aliphatic carbocycles. The molecular formula is C40H68N12O12. The van der Waals surface area contributed by atoms with Crippen LogP contribution in [0.3, 0.4) is 0 Å². The summed E-state index contributed by atoms with van der Waals surface area (Å²) in [6.45, 7) is 7.41. The van der Waals surface area contributed by atoms with E-state index in [0.717, 1.165) is 0 Å².